The molecule has 0 bridgehead atoms. The highest BCUT2D eigenvalue weighted by Gasteiger charge is 2.26. The highest BCUT2D eigenvalue weighted by molar-refractivity contribution is 7.23. The van der Waals surface area contributed by atoms with E-state index < -0.39 is 0 Å². The fourth-order valence-corrected chi connectivity index (χ4v) is 5.89. The average Bonchev–Trinajstić information content (AvgIpc) is 3.43. The van der Waals surface area contributed by atoms with E-state index in [0.717, 1.165) is 58.8 Å². The number of benzene rings is 2. The van der Waals surface area contributed by atoms with Gasteiger partial charge in [0.25, 0.3) is 5.91 Å². The maximum absolute atomic E-state index is 13.6. The van der Waals surface area contributed by atoms with E-state index in [2.05, 4.69) is 9.88 Å². The minimum absolute atomic E-state index is 0.123. The van der Waals surface area contributed by atoms with Gasteiger partial charge in [0.2, 0.25) is 0 Å². The Morgan fingerprint density at radius 2 is 1.97 bits per heavy atom. The van der Waals surface area contributed by atoms with Crippen LogP contribution in [0.2, 0.25) is 5.02 Å². The number of aromatic nitrogens is 2. The van der Waals surface area contributed by atoms with Crippen molar-refractivity contribution in [1.29, 1.82) is 0 Å². The Morgan fingerprint density at radius 1 is 1.16 bits per heavy atom. The number of amides is 1. The van der Waals surface area contributed by atoms with Crippen molar-refractivity contribution in [3.63, 3.8) is 0 Å². The third-order valence-electron chi connectivity index (χ3n) is 5.38. The summed E-state index contributed by atoms with van der Waals surface area (Å²) in [5, 5.41) is 1.79. The molecule has 160 valence electrons. The van der Waals surface area contributed by atoms with Gasteiger partial charge in [-0.05, 0) is 30.7 Å². The first-order valence-electron chi connectivity index (χ1n) is 10.1. The van der Waals surface area contributed by atoms with E-state index in [1.165, 1.54) is 22.7 Å². The lowest BCUT2D eigenvalue weighted by Crippen LogP contribution is -2.43. The zero-order valence-corrected chi connectivity index (χ0v) is 19.4. The number of halogens is 1. The average molecular weight is 473 g/mol. The third-order valence-corrected chi connectivity index (χ3v) is 7.95. The Labute approximate surface area is 193 Å². The third kappa shape index (κ3) is 4.18. The van der Waals surface area contributed by atoms with E-state index in [0.29, 0.717) is 21.7 Å². The quantitative estimate of drug-likeness (QED) is 0.415. The van der Waals surface area contributed by atoms with Crippen LogP contribution >= 0.6 is 34.3 Å². The van der Waals surface area contributed by atoms with Crippen LogP contribution in [0.1, 0.15) is 15.4 Å². The van der Waals surface area contributed by atoms with Crippen molar-refractivity contribution in [2.24, 2.45) is 0 Å². The van der Waals surface area contributed by atoms with Crippen LogP contribution in [0.15, 0.2) is 36.4 Å². The highest BCUT2D eigenvalue weighted by atomic mass is 35.5. The fraction of sp³-hybridized carbons (Fsp3) is 0.318. The van der Waals surface area contributed by atoms with Crippen LogP contribution in [0.4, 0.5) is 5.13 Å². The van der Waals surface area contributed by atoms with Crippen molar-refractivity contribution in [3.8, 4) is 0 Å². The van der Waals surface area contributed by atoms with E-state index in [1.807, 2.05) is 43.3 Å². The molecule has 1 aliphatic rings. The molecule has 5 rings (SSSR count). The number of aryl methyl sites for hydroxylation is 1. The molecular formula is C22H21ClN4O2S2. The largest absolute Gasteiger partial charge is 0.379 e. The molecule has 31 heavy (non-hydrogen) atoms. The summed E-state index contributed by atoms with van der Waals surface area (Å²) in [6, 6.07) is 11.7. The molecule has 9 heteroatoms. The van der Waals surface area contributed by atoms with Crippen LogP contribution in [0.5, 0.6) is 0 Å². The second-order valence-electron chi connectivity index (χ2n) is 7.44. The van der Waals surface area contributed by atoms with Gasteiger partial charge in [-0.15, -0.1) is 11.3 Å². The van der Waals surface area contributed by atoms with Crippen LogP contribution in [-0.4, -0.2) is 60.2 Å². The standard InChI is InChI=1S/C22H21ClN4O2S2/c1-14-6-7-15(23)19-18(14)25-22(31-19)27(9-8-26-10-12-29-13-11-26)21(28)20-24-16-4-2-3-5-17(16)30-20/h2-7H,8-13H2,1H3. The molecule has 0 radical (unpaired) electrons. The number of hydrogen-bond donors (Lipinski definition) is 0. The molecule has 6 nitrogen and oxygen atoms in total. The molecule has 3 heterocycles. The van der Waals surface area contributed by atoms with Gasteiger partial charge in [0, 0.05) is 26.2 Å². The van der Waals surface area contributed by atoms with Crippen molar-refractivity contribution >= 4 is 65.7 Å². The van der Waals surface area contributed by atoms with Crippen LogP contribution in [-0.2, 0) is 4.74 Å². The monoisotopic (exact) mass is 472 g/mol. The molecule has 0 atom stereocenters. The molecule has 2 aromatic heterocycles. The molecule has 0 saturated carbocycles. The summed E-state index contributed by atoms with van der Waals surface area (Å²) >= 11 is 9.31. The lowest BCUT2D eigenvalue weighted by molar-refractivity contribution is 0.0391. The van der Waals surface area contributed by atoms with E-state index in [4.69, 9.17) is 21.3 Å². The smallest absolute Gasteiger partial charge is 0.289 e. The zero-order valence-electron chi connectivity index (χ0n) is 17.0. The number of nitrogens with zero attached hydrogens (tertiary/aromatic N) is 4. The van der Waals surface area contributed by atoms with Crippen LogP contribution in [0.25, 0.3) is 20.4 Å². The summed E-state index contributed by atoms with van der Waals surface area (Å²) in [5.41, 5.74) is 2.73. The summed E-state index contributed by atoms with van der Waals surface area (Å²) in [6.45, 7) is 6.48. The van der Waals surface area contributed by atoms with Crippen molar-refractivity contribution in [2.45, 2.75) is 6.92 Å². The van der Waals surface area contributed by atoms with Crippen molar-refractivity contribution in [2.75, 3.05) is 44.3 Å². The Bertz CT molecular complexity index is 1180. The summed E-state index contributed by atoms with van der Waals surface area (Å²) in [6.07, 6.45) is 0. The van der Waals surface area contributed by atoms with Gasteiger partial charge in [0.05, 0.1) is 38.7 Å². The summed E-state index contributed by atoms with van der Waals surface area (Å²) in [5.74, 6) is -0.123. The van der Waals surface area contributed by atoms with E-state index >= 15 is 0 Å². The summed E-state index contributed by atoms with van der Waals surface area (Å²) < 4.78 is 7.36. The molecular weight excluding hydrogens is 452 g/mol. The Balaban J connectivity index is 1.51. The van der Waals surface area contributed by atoms with Gasteiger partial charge in [-0.25, -0.2) is 9.97 Å². The van der Waals surface area contributed by atoms with Gasteiger partial charge < -0.3 is 4.74 Å². The van der Waals surface area contributed by atoms with E-state index in [1.54, 1.807) is 4.90 Å². The first kappa shape index (κ1) is 20.8. The van der Waals surface area contributed by atoms with Crippen molar-refractivity contribution in [3.05, 3.63) is 52.0 Å². The molecule has 0 aliphatic carbocycles. The molecule has 1 saturated heterocycles. The van der Waals surface area contributed by atoms with Gasteiger partial charge in [-0.1, -0.05) is 41.1 Å². The maximum Gasteiger partial charge on any atom is 0.289 e. The second kappa shape index (κ2) is 8.80. The Morgan fingerprint density at radius 3 is 2.74 bits per heavy atom. The maximum atomic E-state index is 13.6. The van der Waals surface area contributed by atoms with Gasteiger partial charge >= 0.3 is 0 Å². The van der Waals surface area contributed by atoms with Gasteiger partial charge in [0.15, 0.2) is 10.1 Å². The number of hydrogen-bond acceptors (Lipinski definition) is 7. The van der Waals surface area contributed by atoms with Crippen LogP contribution in [0, 0.1) is 6.92 Å². The number of ether oxygens (including phenoxy) is 1. The Hall–Kier alpha value is -2.10. The zero-order chi connectivity index (χ0) is 21.4. The van der Waals surface area contributed by atoms with Crippen LogP contribution < -0.4 is 4.90 Å². The number of carbonyl (C=O) groups is 1. The first-order valence-corrected chi connectivity index (χ1v) is 12.1. The van der Waals surface area contributed by atoms with Crippen molar-refractivity contribution < 1.29 is 9.53 Å². The molecule has 1 aliphatic heterocycles. The van der Waals surface area contributed by atoms with Crippen molar-refractivity contribution in [1.82, 2.24) is 14.9 Å². The predicted molar refractivity (Wildman–Crippen MR) is 128 cm³/mol. The minimum Gasteiger partial charge on any atom is -0.379 e. The molecule has 1 amide bonds. The lowest BCUT2D eigenvalue weighted by Gasteiger charge is -2.28. The molecule has 0 N–H and O–H groups in total. The first-order chi connectivity index (χ1) is 15.1. The molecule has 4 aromatic rings. The Kier molecular flexibility index (Phi) is 5.90. The topological polar surface area (TPSA) is 58.6 Å². The number of thiazole rings is 2. The minimum atomic E-state index is -0.123. The second-order valence-corrected chi connectivity index (χ2v) is 9.85. The number of fused-ring (bicyclic) bond motifs is 2. The van der Waals surface area contributed by atoms with E-state index in [-0.39, 0.29) is 5.91 Å². The molecule has 2 aromatic carbocycles. The van der Waals surface area contributed by atoms with Gasteiger partial charge in [0.1, 0.15) is 0 Å². The van der Waals surface area contributed by atoms with Gasteiger partial charge in [-0.2, -0.15) is 0 Å². The number of rotatable bonds is 5. The normalized spacial score (nSPS) is 15.0. The number of para-hydroxylation sites is 1. The lowest BCUT2D eigenvalue weighted by atomic mass is 10.2. The SMILES string of the molecule is Cc1ccc(Cl)c2sc(N(CCN3CCOCC3)C(=O)c3nc4ccccc4s3)nc12. The highest BCUT2D eigenvalue weighted by Crippen LogP contribution is 2.36. The predicted octanol–water partition coefficient (Wildman–Crippen LogP) is 4.85. The fourth-order valence-electron chi connectivity index (χ4n) is 3.64. The molecule has 1 fully saturated rings. The number of anilines is 1. The van der Waals surface area contributed by atoms with Gasteiger partial charge in [-0.3, -0.25) is 14.6 Å². The summed E-state index contributed by atoms with van der Waals surface area (Å²) in [7, 11) is 0. The number of morpholine rings is 1. The molecule has 0 unspecified atom stereocenters. The summed E-state index contributed by atoms with van der Waals surface area (Å²) in [4.78, 5) is 27.1. The van der Waals surface area contributed by atoms with Crippen LogP contribution in [0.3, 0.4) is 0 Å². The number of carbonyl (C=O) groups excluding carboxylic acids is 1. The molecule has 0 spiro atoms. The van der Waals surface area contributed by atoms with E-state index in [9.17, 15) is 4.79 Å².